The molecule has 0 radical (unpaired) electrons. The monoisotopic (exact) mass is 278 g/mol. The van der Waals surface area contributed by atoms with E-state index >= 15 is 0 Å². The number of aromatic nitrogens is 1. The predicted octanol–water partition coefficient (Wildman–Crippen LogP) is 2.69. The second-order valence-corrected chi connectivity index (χ2v) is 4.53. The highest BCUT2D eigenvalue weighted by Gasteiger charge is 2.13. The van der Waals surface area contributed by atoms with Crippen molar-refractivity contribution in [2.45, 2.75) is 19.4 Å². The van der Waals surface area contributed by atoms with E-state index in [1.54, 1.807) is 0 Å². The van der Waals surface area contributed by atoms with Crippen molar-refractivity contribution < 1.29 is 8.78 Å². The molecule has 2 aromatic rings. The highest BCUT2D eigenvalue weighted by atomic mass is 19.1. The van der Waals surface area contributed by atoms with Crippen molar-refractivity contribution in [3.63, 3.8) is 0 Å². The molecule has 0 aliphatic carbocycles. The van der Waals surface area contributed by atoms with E-state index in [0.29, 0.717) is 6.42 Å². The summed E-state index contributed by atoms with van der Waals surface area (Å²) in [6.07, 6.45) is 0.699. The summed E-state index contributed by atoms with van der Waals surface area (Å²) in [7, 11) is 0. The van der Waals surface area contributed by atoms with Gasteiger partial charge in [-0.05, 0) is 18.9 Å². The lowest BCUT2D eigenvalue weighted by Crippen LogP contribution is -2.21. The number of nitrogens with one attached hydrogen (secondary N) is 2. The summed E-state index contributed by atoms with van der Waals surface area (Å²) in [6.45, 7) is 1.90. The Bertz CT molecular complexity index is 575. The molecule has 0 amide bonds. The first-order chi connectivity index (χ1) is 9.60. The Balaban J connectivity index is 2.09. The molecule has 0 spiro atoms. The first kappa shape index (κ1) is 14.2. The maximum Gasteiger partial charge on any atom is 0.178 e. The van der Waals surface area contributed by atoms with Crippen molar-refractivity contribution in [2.24, 2.45) is 5.84 Å². The predicted molar refractivity (Wildman–Crippen MR) is 75.2 cm³/mol. The third kappa shape index (κ3) is 3.42. The molecule has 0 saturated carbocycles. The number of benzene rings is 1. The van der Waals surface area contributed by atoms with Gasteiger partial charge in [-0.3, -0.25) is 0 Å². The Kier molecular flexibility index (Phi) is 4.47. The number of anilines is 2. The summed E-state index contributed by atoms with van der Waals surface area (Å²) in [5, 5.41) is 2.91. The van der Waals surface area contributed by atoms with Crippen molar-refractivity contribution in [3.05, 3.63) is 53.6 Å². The van der Waals surface area contributed by atoms with Gasteiger partial charge in [0.05, 0.1) is 0 Å². The largest absolute Gasteiger partial charge is 0.365 e. The van der Waals surface area contributed by atoms with E-state index in [4.69, 9.17) is 5.84 Å². The van der Waals surface area contributed by atoms with Crippen LogP contribution in [0.1, 0.15) is 12.5 Å². The zero-order valence-electron chi connectivity index (χ0n) is 11.0. The number of nitrogen functional groups attached to an aromatic ring is 1. The molecular formula is C14H16F2N4. The molecule has 0 fully saturated rings. The van der Waals surface area contributed by atoms with Crippen LogP contribution in [0.15, 0.2) is 36.4 Å². The summed E-state index contributed by atoms with van der Waals surface area (Å²) in [5.74, 6) is 3.33. The topological polar surface area (TPSA) is 63.0 Å². The third-order valence-electron chi connectivity index (χ3n) is 2.83. The molecule has 6 heteroatoms. The molecular weight excluding hydrogens is 262 g/mol. The molecule has 1 atom stereocenters. The van der Waals surface area contributed by atoms with E-state index in [1.165, 1.54) is 0 Å². The molecule has 0 bridgehead atoms. The minimum Gasteiger partial charge on any atom is -0.365 e. The van der Waals surface area contributed by atoms with Crippen molar-refractivity contribution in [1.29, 1.82) is 0 Å². The summed E-state index contributed by atoms with van der Waals surface area (Å²) in [6, 6.07) is 10.5. The summed E-state index contributed by atoms with van der Waals surface area (Å²) < 4.78 is 26.9. The van der Waals surface area contributed by atoms with E-state index in [2.05, 4.69) is 15.7 Å². The molecule has 106 valence electrons. The van der Waals surface area contributed by atoms with Gasteiger partial charge in [0, 0.05) is 12.1 Å². The Morgan fingerprint density at radius 3 is 2.45 bits per heavy atom. The van der Waals surface area contributed by atoms with Gasteiger partial charge in [0.25, 0.3) is 0 Å². The molecule has 4 N–H and O–H groups in total. The van der Waals surface area contributed by atoms with Crippen LogP contribution >= 0.6 is 0 Å². The van der Waals surface area contributed by atoms with Gasteiger partial charge in [-0.15, -0.1) is 0 Å². The van der Waals surface area contributed by atoms with E-state index in [-0.39, 0.29) is 17.7 Å². The Morgan fingerprint density at radius 2 is 1.80 bits per heavy atom. The lowest BCUT2D eigenvalue weighted by molar-refractivity contribution is 0.575. The Labute approximate surface area is 116 Å². The van der Waals surface area contributed by atoms with Crippen LogP contribution in [0.4, 0.5) is 20.4 Å². The second-order valence-electron chi connectivity index (χ2n) is 4.53. The summed E-state index contributed by atoms with van der Waals surface area (Å²) >= 11 is 0. The minimum absolute atomic E-state index is 0.0252. The van der Waals surface area contributed by atoms with Crippen molar-refractivity contribution in [3.8, 4) is 0 Å². The molecule has 20 heavy (non-hydrogen) atoms. The average Bonchev–Trinajstić information content (AvgIpc) is 2.43. The van der Waals surface area contributed by atoms with E-state index in [1.807, 2.05) is 37.3 Å². The molecule has 0 aliphatic heterocycles. The minimum atomic E-state index is -0.828. The van der Waals surface area contributed by atoms with Crippen LogP contribution in [-0.4, -0.2) is 11.0 Å². The van der Waals surface area contributed by atoms with Crippen LogP contribution in [0.2, 0.25) is 0 Å². The average molecular weight is 278 g/mol. The Morgan fingerprint density at radius 1 is 1.15 bits per heavy atom. The summed E-state index contributed by atoms with van der Waals surface area (Å²) in [4.78, 5) is 3.77. The molecule has 1 aromatic carbocycles. The number of hydrazine groups is 1. The van der Waals surface area contributed by atoms with Gasteiger partial charge in [0.15, 0.2) is 23.3 Å². The molecule has 2 rings (SSSR count). The molecule has 0 saturated heterocycles. The highest BCUT2D eigenvalue weighted by Crippen LogP contribution is 2.19. The molecule has 4 nitrogen and oxygen atoms in total. The molecule has 1 aromatic heterocycles. The van der Waals surface area contributed by atoms with Crippen LogP contribution in [0.25, 0.3) is 0 Å². The molecule has 1 unspecified atom stereocenters. The second kappa shape index (κ2) is 6.29. The zero-order chi connectivity index (χ0) is 14.5. The number of hydrogen-bond acceptors (Lipinski definition) is 4. The molecule has 0 aliphatic rings. The number of hydrogen-bond donors (Lipinski definition) is 3. The number of rotatable bonds is 5. The maximum absolute atomic E-state index is 13.6. The fourth-order valence-corrected chi connectivity index (χ4v) is 1.92. The number of nitrogens with two attached hydrogens (primary N) is 1. The van der Waals surface area contributed by atoms with Crippen LogP contribution in [-0.2, 0) is 6.42 Å². The Hall–Kier alpha value is -2.21. The van der Waals surface area contributed by atoms with Crippen molar-refractivity contribution >= 4 is 11.6 Å². The maximum atomic E-state index is 13.6. The van der Waals surface area contributed by atoms with Gasteiger partial charge < -0.3 is 10.7 Å². The normalized spacial score (nSPS) is 12.0. The van der Waals surface area contributed by atoms with Gasteiger partial charge >= 0.3 is 0 Å². The first-order valence-electron chi connectivity index (χ1n) is 6.23. The highest BCUT2D eigenvalue weighted by molar-refractivity contribution is 5.47. The smallest absolute Gasteiger partial charge is 0.178 e. The molecule has 1 heterocycles. The first-order valence-corrected chi connectivity index (χ1v) is 6.23. The lowest BCUT2D eigenvalue weighted by atomic mass is 10.1. The summed E-state index contributed by atoms with van der Waals surface area (Å²) in [5.41, 5.74) is 3.21. The van der Waals surface area contributed by atoms with Crippen molar-refractivity contribution in [1.82, 2.24) is 4.98 Å². The number of nitrogens with zero attached hydrogens (tertiary/aromatic N) is 1. The van der Waals surface area contributed by atoms with Gasteiger partial charge in [-0.2, -0.15) is 0 Å². The number of pyridine rings is 1. The van der Waals surface area contributed by atoms with Gasteiger partial charge in [0.1, 0.15) is 0 Å². The SMILES string of the molecule is CC(Cc1ccccc1)Nc1nc(NN)c(F)cc1F. The van der Waals surface area contributed by atoms with E-state index in [0.717, 1.165) is 11.6 Å². The van der Waals surface area contributed by atoms with Crippen molar-refractivity contribution in [2.75, 3.05) is 10.7 Å². The van der Waals surface area contributed by atoms with Gasteiger partial charge in [0.2, 0.25) is 0 Å². The third-order valence-corrected chi connectivity index (χ3v) is 2.83. The van der Waals surface area contributed by atoms with Crippen LogP contribution in [0, 0.1) is 11.6 Å². The van der Waals surface area contributed by atoms with Crippen LogP contribution in [0.3, 0.4) is 0 Å². The van der Waals surface area contributed by atoms with Gasteiger partial charge in [-0.1, -0.05) is 30.3 Å². The zero-order valence-corrected chi connectivity index (χ0v) is 11.0. The lowest BCUT2D eigenvalue weighted by Gasteiger charge is -2.16. The quantitative estimate of drug-likeness (QED) is 0.581. The standard InChI is InChI=1S/C14H16F2N4/c1-9(7-10-5-3-2-4-6-10)18-13-11(15)8-12(16)14(19-13)20-17/h2-6,8-9H,7,17H2,1H3,(H2,18,19,20). The van der Waals surface area contributed by atoms with Gasteiger partial charge in [-0.25, -0.2) is 19.6 Å². The number of halogens is 2. The van der Waals surface area contributed by atoms with E-state index in [9.17, 15) is 8.78 Å². The fourth-order valence-electron chi connectivity index (χ4n) is 1.92. The fraction of sp³-hybridized carbons (Fsp3) is 0.214. The van der Waals surface area contributed by atoms with E-state index < -0.39 is 11.6 Å². The van der Waals surface area contributed by atoms with Crippen LogP contribution in [0.5, 0.6) is 0 Å². The van der Waals surface area contributed by atoms with Crippen LogP contribution < -0.4 is 16.6 Å².